The molecule has 0 saturated carbocycles. The Bertz CT molecular complexity index is 327. The number of methoxy groups -OCH3 is 1. The zero-order valence-electron chi connectivity index (χ0n) is 9.91. The summed E-state index contributed by atoms with van der Waals surface area (Å²) in [4.78, 5) is 2.41. The summed E-state index contributed by atoms with van der Waals surface area (Å²) in [6.07, 6.45) is 2.48. The van der Waals surface area contributed by atoms with E-state index in [0.717, 1.165) is 26.2 Å². The van der Waals surface area contributed by atoms with Crippen LogP contribution in [0.4, 0.5) is 11.4 Å². The molecule has 0 saturated heterocycles. The van der Waals surface area contributed by atoms with Gasteiger partial charge in [-0.3, -0.25) is 0 Å². The predicted molar refractivity (Wildman–Crippen MR) is 68.3 cm³/mol. The third kappa shape index (κ3) is 2.67. The fourth-order valence-corrected chi connectivity index (χ4v) is 2.10. The van der Waals surface area contributed by atoms with Crippen molar-refractivity contribution in [1.29, 1.82) is 0 Å². The molecule has 2 rings (SSSR count). The van der Waals surface area contributed by atoms with E-state index in [9.17, 15) is 0 Å². The number of anilines is 2. The van der Waals surface area contributed by atoms with E-state index in [1.54, 1.807) is 7.11 Å². The van der Waals surface area contributed by atoms with E-state index in [1.165, 1.54) is 24.2 Å². The van der Waals surface area contributed by atoms with Gasteiger partial charge in [-0.2, -0.15) is 0 Å². The molecular formula is C13H20N2O. The van der Waals surface area contributed by atoms with Crippen LogP contribution in [0, 0.1) is 0 Å². The molecule has 16 heavy (non-hydrogen) atoms. The van der Waals surface area contributed by atoms with Crippen LogP contribution in [0.3, 0.4) is 0 Å². The van der Waals surface area contributed by atoms with Crippen LogP contribution >= 0.6 is 0 Å². The fraction of sp³-hybridized carbons (Fsp3) is 0.538. The van der Waals surface area contributed by atoms with Gasteiger partial charge in [0, 0.05) is 26.7 Å². The lowest BCUT2D eigenvalue weighted by Crippen LogP contribution is -2.30. The van der Waals surface area contributed by atoms with E-state index in [-0.39, 0.29) is 0 Å². The molecule has 1 aromatic rings. The van der Waals surface area contributed by atoms with Crippen molar-refractivity contribution in [1.82, 2.24) is 0 Å². The highest BCUT2D eigenvalue weighted by molar-refractivity contribution is 5.70. The minimum absolute atomic E-state index is 0.786. The molecule has 0 atom stereocenters. The number of fused-ring (bicyclic) bond motifs is 1. The Morgan fingerprint density at radius 3 is 3.06 bits per heavy atom. The molecule has 1 aromatic carbocycles. The van der Waals surface area contributed by atoms with Crippen molar-refractivity contribution in [3.8, 4) is 0 Å². The summed E-state index contributed by atoms with van der Waals surface area (Å²) in [5.41, 5.74) is 2.55. The molecule has 3 nitrogen and oxygen atoms in total. The first kappa shape index (κ1) is 11.3. The molecule has 0 radical (unpaired) electrons. The molecule has 0 aliphatic carbocycles. The molecule has 3 heteroatoms. The number of hydrogen-bond acceptors (Lipinski definition) is 3. The van der Waals surface area contributed by atoms with Gasteiger partial charge in [-0.25, -0.2) is 0 Å². The van der Waals surface area contributed by atoms with Crippen molar-refractivity contribution in [3.05, 3.63) is 24.3 Å². The zero-order chi connectivity index (χ0) is 11.2. The average molecular weight is 220 g/mol. The molecule has 1 N–H and O–H groups in total. The van der Waals surface area contributed by atoms with Crippen molar-refractivity contribution in [2.24, 2.45) is 0 Å². The number of nitrogens with zero attached hydrogens (tertiary/aromatic N) is 1. The number of rotatable bonds is 3. The minimum atomic E-state index is 0.786. The Hall–Kier alpha value is -1.22. The normalized spacial score (nSPS) is 15.9. The lowest BCUT2D eigenvalue weighted by Gasteiger charge is -2.29. The second-order valence-corrected chi connectivity index (χ2v) is 4.13. The van der Waals surface area contributed by atoms with Crippen LogP contribution in [0.15, 0.2) is 24.3 Å². The third-order valence-corrected chi connectivity index (χ3v) is 2.98. The maximum atomic E-state index is 5.17. The van der Waals surface area contributed by atoms with E-state index in [1.807, 2.05) is 0 Å². The van der Waals surface area contributed by atoms with Gasteiger partial charge in [-0.15, -0.1) is 0 Å². The van der Waals surface area contributed by atoms with E-state index in [0.29, 0.717) is 0 Å². The molecule has 0 unspecified atom stereocenters. The highest BCUT2D eigenvalue weighted by atomic mass is 16.5. The molecule has 1 aliphatic heterocycles. The Morgan fingerprint density at radius 2 is 2.19 bits per heavy atom. The lowest BCUT2D eigenvalue weighted by molar-refractivity contribution is 0.205. The minimum Gasteiger partial charge on any atom is -0.383 e. The molecule has 0 fully saturated rings. The summed E-state index contributed by atoms with van der Waals surface area (Å²) in [5.74, 6) is 0. The Balaban J connectivity index is 2.17. The highest BCUT2D eigenvalue weighted by Crippen LogP contribution is 2.27. The number of ether oxygens (including phenoxy) is 1. The number of nitrogens with one attached hydrogen (secondary N) is 1. The second-order valence-electron chi connectivity index (χ2n) is 4.13. The Kier molecular flexibility index (Phi) is 4.05. The molecule has 0 amide bonds. The van der Waals surface area contributed by atoms with Crippen molar-refractivity contribution in [3.63, 3.8) is 0 Å². The first-order valence-corrected chi connectivity index (χ1v) is 5.98. The van der Waals surface area contributed by atoms with Gasteiger partial charge in [-0.05, 0) is 25.0 Å². The van der Waals surface area contributed by atoms with Gasteiger partial charge in [0.15, 0.2) is 0 Å². The molecular weight excluding hydrogens is 200 g/mol. The average Bonchev–Trinajstić information content (AvgIpc) is 2.30. The van der Waals surface area contributed by atoms with Crippen molar-refractivity contribution in [2.45, 2.75) is 12.8 Å². The summed E-state index contributed by atoms with van der Waals surface area (Å²) >= 11 is 0. The molecule has 88 valence electrons. The van der Waals surface area contributed by atoms with E-state index < -0.39 is 0 Å². The first-order chi connectivity index (χ1) is 7.92. The van der Waals surface area contributed by atoms with Gasteiger partial charge in [0.1, 0.15) is 0 Å². The molecule has 0 spiro atoms. The van der Waals surface area contributed by atoms with Crippen LogP contribution in [0.5, 0.6) is 0 Å². The van der Waals surface area contributed by atoms with E-state index in [2.05, 4.69) is 34.5 Å². The summed E-state index contributed by atoms with van der Waals surface area (Å²) in [6, 6.07) is 8.52. The van der Waals surface area contributed by atoms with Gasteiger partial charge in [-0.1, -0.05) is 12.1 Å². The van der Waals surface area contributed by atoms with Crippen LogP contribution in [0.25, 0.3) is 0 Å². The summed E-state index contributed by atoms with van der Waals surface area (Å²) < 4.78 is 5.17. The zero-order valence-corrected chi connectivity index (χ0v) is 9.91. The maximum absolute atomic E-state index is 5.17. The lowest BCUT2D eigenvalue weighted by atomic mass is 10.1. The van der Waals surface area contributed by atoms with Gasteiger partial charge >= 0.3 is 0 Å². The quantitative estimate of drug-likeness (QED) is 0.846. The monoisotopic (exact) mass is 220 g/mol. The predicted octanol–water partition coefficient (Wildman–Crippen LogP) is 2.35. The van der Waals surface area contributed by atoms with Crippen LogP contribution in [0.2, 0.25) is 0 Å². The smallest absolute Gasteiger partial charge is 0.0637 e. The SMILES string of the molecule is COCCN1CCCCNc2ccccc21. The Morgan fingerprint density at radius 1 is 1.31 bits per heavy atom. The van der Waals surface area contributed by atoms with Crippen LogP contribution in [-0.4, -0.2) is 33.4 Å². The molecule has 1 aliphatic rings. The molecule has 0 aromatic heterocycles. The van der Waals surface area contributed by atoms with Crippen LogP contribution < -0.4 is 10.2 Å². The standard InChI is InChI=1S/C13H20N2O/c1-16-11-10-15-9-5-4-8-14-12-6-2-3-7-13(12)15/h2-3,6-7,14H,4-5,8-11H2,1H3. The van der Waals surface area contributed by atoms with E-state index >= 15 is 0 Å². The second kappa shape index (κ2) is 5.75. The largest absolute Gasteiger partial charge is 0.383 e. The highest BCUT2D eigenvalue weighted by Gasteiger charge is 2.12. The van der Waals surface area contributed by atoms with Crippen LogP contribution in [-0.2, 0) is 4.74 Å². The summed E-state index contributed by atoms with van der Waals surface area (Å²) in [7, 11) is 1.76. The van der Waals surface area contributed by atoms with Gasteiger partial charge in [0.25, 0.3) is 0 Å². The van der Waals surface area contributed by atoms with Gasteiger partial charge in [0.05, 0.1) is 18.0 Å². The summed E-state index contributed by atoms with van der Waals surface area (Å²) in [5, 5.41) is 3.49. The van der Waals surface area contributed by atoms with E-state index in [4.69, 9.17) is 4.74 Å². The topological polar surface area (TPSA) is 24.5 Å². The van der Waals surface area contributed by atoms with Crippen LogP contribution in [0.1, 0.15) is 12.8 Å². The Labute approximate surface area is 97.4 Å². The van der Waals surface area contributed by atoms with Crippen molar-refractivity contribution in [2.75, 3.05) is 43.6 Å². The van der Waals surface area contributed by atoms with Crippen molar-refractivity contribution >= 4 is 11.4 Å². The molecule has 0 bridgehead atoms. The maximum Gasteiger partial charge on any atom is 0.0637 e. The number of benzene rings is 1. The summed E-state index contributed by atoms with van der Waals surface area (Å²) in [6.45, 7) is 3.96. The van der Waals surface area contributed by atoms with Gasteiger partial charge in [0.2, 0.25) is 0 Å². The fourth-order valence-electron chi connectivity index (χ4n) is 2.10. The third-order valence-electron chi connectivity index (χ3n) is 2.98. The first-order valence-electron chi connectivity index (χ1n) is 5.98. The van der Waals surface area contributed by atoms with Gasteiger partial charge < -0.3 is 15.0 Å². The molecule has 1 heterocycles. The number of para-hydroxylation sites is 2. The van der Waals surface area contributed by atoms with Crippen molar-refractivity contribution < 1.29 is 4.74 Å². The number of hydrogen-bond donors (Lipinski definition) is 1.